The highest BCUT2D eigenvalue weighted by Gasteiger charge is 1.66. The molecule has 0 amide bonds. The van der Waals surface area contributed by atoms with Gasteiger partial charge in [0.2, 0.25) is 0 Å². The molecular weight excluding hydrogens is 290 g/mol. The van der Waals surface area contributed by atoms with Crippen molar-refractivity contribution in [2.45, 2.75) is 0 Å². The van der Waals surface area contributed by atoms with Crippen LogP contribution in [-0.2, 0) is 0 Å². The Morgan fingerprint density at radius 3 is 1.80 bits per heavy atom. The molecule has 0 aliphatic heterocycles. The Hall–Kier alpha value is 1.20. The zero-order chi connectivity index (χ0) is 4.28. The fourth-order valence-corrected chi connectivity index (χ4v) is 0. The summed E-state index contributed by atoms with van der Waals surface area (Å²) < 4.78 is 1.21. The van der Waals surface area contributed by atoms with Crippen LogP contribution in [0, 0.1) is 6.92 Å². The molecule has 2 heteroatoms. The van der Waals surface area contributed by atoms with Gasteiger partial charge in [0.05, 0.1) is 0 Å². The van der Waals surface area contributed by atoms with Crippen LogP contribution in [0.4, 0.5) is 0 Å². The quantitative estimate of drug-likeness (QED) is 0.602. The van der Waals surface area contributed by atoms with Gasteiger partial charge in [-0.05, 0) is 52.1 Å². The molecule has 0 aromatic carbocycles. The molecular formula is C3H3I2. The van der Waals surface area contributed by atoms with E-state index >= 15 is 0 Å². The summed E-state index contributed by atoms with van der Waals surface area (Å²) >= 11 is 4.38. The predicted molar refractivity (Wildman–Crippen MR) is 41.5 cm³/mol. The highest BCUT2D eigenvalue weighted by atomic mass is 127. The number of hydrogen-bond acceptors (Lipinski definition) is 0. The first-order valence-electron chi connectivity index (χ1n) is 1.07. The van der Waals surface area contributed by atoms with Crippen molar-refractivity contribution in [3.63, 3.8) is 0 Å². The maximum atomic E-state index is 3.51. The molecule has 0 aromatic heterocycles. The van der Waals surface area contributed by atoms with E-state index in [2.05, 4.69) is 52.1 Å². The van der Waals surface area contributed by atoms with E-state index in [-0.39, 0.29) is 0 Å². The van der Waals surface area contributed by atoms with Crippen molar-refractivity contribution in [1.82, 2.24) is 0 Å². The minimum Gasteiger partial charge on any atom is -0.0646 e. The van der Waals surface area contributed by atoms with Gasteiger partial charge in [-0.3, -0.25) is 0 Å². The van der Waals surface area contributed by atoms with Crippen molar-refractivity contribution >= 4 is 45.2 Å². The molecule has 0 nitrogen and oxygen atoms in total. The van der Waals surface area contributed by atoms with Gasteiger partial charge in [0.1, 0.15) is 0 Å². The summed E-state index contributed by atoms with van der Waals surface area (Å²) in [5, 5.41) is 0. The Morgan fingerprint density at radius 1 is 1.60 bits per heavy atom. The minimum absolute atomic E-state index is 1.21. The SMILES string of the molecule is [CH2]C=C(I)I. The van der Waals surface area contributed by atoms with E-state index in [0.29, 0.717) is 0 Å². The molecule has 0 heterocycles. The fourth-order valence-electron chi connectivity index (χ4n) is 0. The van der Waals surface area contributed by atoms with Crippen LogP contribution in [0.5, 0.6) is 0 Å². The van der Waals surface area contributed by atoms with Gasteiger partial charge in [-0.1, -0.05) is 6.08 Å². The second kappa shape index (κ2) is 3.39. The molecule has 0 spiro atoms. The van der Waals surface area contributed by atoms with Gasteiger partial charge in [-0.2, -0.15) is 0 Å². The minimum atomic E-state index is 1.21. The number of halogens is 2. The van der Waals surface area contributed by atoms with E-state index in [9.17, 15) is 0 Å². The highest BCUT2D eigenvalue weighted by molar-refractivity contribution is 14.2. The van der Waals surface area contributed by atoms with Crippen molar-refractivity contribution in [2.24, 2.45) is 0 Å². The lowest BCUT2D eigenvalue weighted by molar-refractivity contribution is 2.16. The summed E-state index contributed by atoms with van der Waals surface area (Å²) in [5.74, 6) is 0. The molecule has 0 aromatic rings. The van der Waals surface area contributed by atoms with Crippen LogP contribution in [0.1, 0.15) is 0 Å². The average molecular weight is 293 g/mol. The van der Waals surface area contributed by atoms with Crippen LogP contribution < -0.4 is 0 Å². The zero-order valence-electron chi connectivity index (χ0n) is 2.54. The summed E-state index contributed by atoms with van der Waals surface area (Å²) in [6.07, 6.45) is 1.81. The van der Waals surface area contributed by atoms with Gasteiger partial charge >= 0.3 is 0 Å². The molecule has 0 bridgehead atoms. The first-order valence-corrected chi connectivity index (χ1v) is 3.23. The Balaban J connectivity index is 3.14. The van der Waals surface area contributed by atoms with Crippen LogP contribution >= 0.6 is 45.2 Å². The largest absolute Gasteiger partial charge is 0.0646 e. The standard InChI is InChI=1S/C3H3I2/c1-2-3(4)5/h2H,1H2. The van der Waals surface area contributed by atoms with Crippen molar-refractivity contribution in [3.8, 4) is 0 Å². The number of allylic oxidation sites excluding steroid dienone is 1. The monoisotopic (exact) mass is 293 g/mol. The molecule has 0 rings (SSSR count). The third-order valence-electron chi connectivity index (χ3n) is 0.154. The summed E-state index contributed by atoms with van der Waals surface area (Å²) in [5.41, 5.74) is 0. The first kappa shape index (κ1) is 6.20. The molecule has 0 aliphatic carbocycles. The zero-order valence-corrected chi connectivity index (χ0v) is 6.86. The molecule has 1 radical (unpaired) electrons. The second-order valence-electron chi connectivity index (χ2n) is 0.494. The van der Waals surface area contributed by atoms with E-state index in [1.807, 2.05) is 0 Å². The van der Waals surface area contributed by atoms with Crippen molar-refractivity contribution in [1.29, 1.82) is 0 Å². The van der Waals surface area contributed by atoms with Gasteiger partial charge in [0, 0.05) is 1.59 Å². The predicted octanol–water partition coefficient (Wildman–Crippen LogP) is 2.53. The van der Waals surface area contributed by atoms with Gasteiger partial charge < -0.3 is 0 Å². The van der Waals surface area contributed by atoms with E-state index in [4.69, 9.17) is 0 Å². The van der Waals surface area contributed by atoms with Crippen LogP contribution in [0.2, 0.25) is 0 Å². The maximum absolute atomic E-state index is 3.51. The van der Waals surface area contributed by atoms with Crippen LogP contribution in [0.15, 0.2) is 7.66 Å². The highest BCUT2D eigenvalue weighted by Crippen LogP contribution is 2.12. The molecule has 29 valence electrons. The molecule has 0 N–H and O–H groups in total. The molecule has 0 saturated heterocycles. The second-order valence-corrected chi connectivity index (χ2v) is 4.88. The average Bonchev–Trinajstić information content (AvgIpc) is 1.38. The van der Waals surface area contributed by atoms with Gasteiger partial charge in [-0.15, -0.1) is 0 Å². The topological polar surface area (TPSA) is 0 Å². The van der Waals surface area contributed by atoms with Crippen LogP contribution in [0.25, 0.3) is 0 Å². The van der Waals surface area contributed by atoms with Crippen molar-refractivity contribution in [2.75, 3.05) is 0 Å². The molecule has 0 aliphatic rings. The molecule has 5 heavy (non-hydrogen) atoms. The van der Waals surface area contributed by atoms with E-state index in [0.717, 1.165) is 0 Å². The lowest BCUT2D eigenvalue weighted by Crippen LogP contribution is -1.35. The molecule has 0 saturated carbocycles. The summed E-state index contributed by atoms with van der Waals surface area (Å²) in [4.78, 5) is 0. The van der Waals surface area contributed by atoms with E-state index in [1.165, 1.54) is 1.59 Å². The Labute approximate surface area is 59.3 Å². The van der Waals surface area contributed by atoms with E-state index in [1.54, 1.807) is 6.08 Å². The number of rotatable bonds is 0. The normalized spacial score (nSPS) is 7.00. The third-order valence-corrected chi connectivity index (χ3v) is 1.04. The molecule has 0 unspecified atom stereocenters. The van der Waals surface area contributed by atoms with E-state index < -0.39 is 0 Å². The Bertz CT molecular complexity index is 42.9. The lowest BCUT2D eigenvalue weighted by Gasteiger charge is -1.67. The van der Waals surface area contributed by atoms with Crippen molar-refractivity contribution < 1.29 is 0 Å². The number of hydrogen-bond donors (Lipinski definition) is 0. The summed E-state index contributed by atoms with van der Waals surface area (Å²) in [7, 11) is 0. The Morgan fingerprint density at radius 2 is 1.80 bits per heavy atom. The Kier molecular flexibility index (Phi) is 4.21. The fraction of sp³-hybridized carbons (Fsp3) is 0. The van der Waals surface area contributed by atoms with Gasteiger partial charge in [0.25, 0.3) is 0 Å². The third kappa shape index (κ3) is 5.20. The van der Waals surface area contributed by atoms with Gasteiger partial charge in [0.15, 0.2) is 0 Å². The smallest absolute Gasteiger partial charge is 0.0474 e. The summed E-state index contributed by atoms with van der Waals surface area (Å²) in [6, 6.07) is 0. The van der Waals surface area contributed by atoms with Crippen LogP contribution in [0.3, 0.4) is 0 Å². The van der Waals surface area contributed by atoms with Crippen molar-refractivity contribution in [3.05, 3.63) is 14.6 Å². The molecule has 0 atom stereocenters. The lowest BCUT2D eigenvalue weighted by atomic mass is 10.8. The summed E-state index contributed by atoms with van der Waals surface area (Å²) in [6.45, 7) is 3.51. The van der Waals surface area contributed by atoms with Gasteiger partial charge in [-0.25, -0.2) is 0 Å². The maximum Gasteiger partial charge on any atom is 0.0474 e. The van der Waals surface area contributed by atoms with Crippen LogP contribution in [-0.4, -0.2) is 0 Å². The first-order chi connectivity index (χ1) is 2.27. The molecule has 0 fully saturated rings.